The largest absolute Gasteiger partial charge is 0.381 e. The van der Waals surface area contributed by atoms with E-state index in [1.807, 2.05) is 6.07 Å². The monoisotopic (exact) mass is 347 g/mol. The number of anilines is 1. The second-order valence-electron chi connectivity index (χ2n) is 5.56. The van der Waals surface area contributed by atoms with Gasteiger partial charge in [0.2, 0.25) is 0 Å². The van der Waals surface area contributed by atoms with Gasteiger partial charge in [-0.05, 0) is 59.0 Å². The molecule has 0 saturated heterocycles. The van der Waals surface area contributed by atoms with E-state index in [2.05, 4.69) is 41.8 Å². The normalized spacial score (nSPS) is 23.4. The fourth-order valence-electron chi connectivity index (χ4n) is 2.56. The van der Waals surface area contributed by atoms with Crippen molar-refractivity contribution in [3.05, 3.63) is 27.6 Å². The molecule has 0 amide bonds. The van der Waals surface area contributed by atoms with Crippen LogP contribution in [0.4, 0.5) is 10.1 Å². The van der Waals surface area contributed by atoms with Crippen molar-refractivity contribution >= 4 is 28.3 Å². The molecule has 0 bridgehead atoms. The summed E-state index contributed by atoms with van der Waals surface area (Å²) in [5.74, 6) is -0.164. The molecule has 2 rings (SSSR count). The first-order valence-corrected chi connectivity index (χ1v) is 7.28. The molecule has 0 aliphatic heterocycles. The molecule has 1 fully saturated rings. The lowest BCUT2D eigenvalue weighted by Gasteiger charge is -2.39. The minimum Gasteiger partial charge on any atom is -0.381 e. The van der Waals surface area contributed by atoms with Crippen LogP contribution in [-0.4, -0.2) is 6.04 Å². The Labute approximate surface area is 116 Å². The molecular formula is C14H19FIN. The minimum atomic E-state index is -0.164. The van der Waals surface area contributed by atoms with Gasteiger partial charge in [0.15, 0.2) is 0 Å². The van der Waals surface area contributed by atoms with Crippen LogP contribution >= 0.6 is 22.6 Å². The van der Waals surface area contributed by atoms with Gasteiger partial charge in [-0.1, -0.05) is 26.7 Å². The Hall–Kier alpha value is -0.320. The van der Waals surface area contributed by atoms with E-state index >= 15 is 0 Å². The zero-order valence-electron chi connectivity index (χ0n) is 10.4. The molecule has 0 aromatic heterocycles. The van der Waals surface area contributed by atoms with Crippen molar-refractivity contribution in [2.45, 2.75) is 45.6 Å². The van der Waals surface area contributed by atoms with Crippen molar-refractivity contribution < 1.29 is 4.39 Å². The third kappa shape index (κ3) is 3.12. The summed E-state index contributed by atoms with van der Waals surface area (Å²) in [6.45, 7) is 4.64. The van der Waals surface area contributed by atoms with Crippen molar-refractivity contribution in [3.8, 4) is 0 Å². The second kappa shape index (κ2) is 5.12. The predicted octanol–water partition coefficient (Wildman–Crippen LogP) is 4.81. The lowest BCUT2D eigenvalue weighted by Crippen LogP contribution is -2.39. The van der Waals surface area contributed by atoms with Crippen LogP contribution in [0.25, 0.3) is 0 Å². The Kier molecular flexibility index (Phi) is 3.95. The Morgan fingerprint density at radius 1 is 1.35 bits per heavy atom. The molecule has 1 N–H and O–H groups in total. The third-order valence-corrected chi connectivity index (χ3v) is 4.66. The molecular weight excluding hydrogens is 328 g/mol. The molecule has 1 aromatic rings. The lowest BCUT2D eigenvalue weighted by molar-refractivity contribution is 0.217. The fraction of sp³-hybridized carbons (Fsp3) is 0.571. The summed E-state index contributed by atoms with van der Waals surface area (Å²) in [6, 6.07) is 5.45. The number of rotatable bonds is 2. The van der Waals surface area contributed by atoms with Crippen molar-refractivity contribution in [3.63, 3.8) is 0 Å². The summed E-state index contributed by atoms with van der Waals surface area (Å²) in [7, 11) is 0. The van der Waals surface area contributed by atoms with E-state index < -0.39 is 0 Å². The summed E-state index contributed by atoms with van der Waals surface area (Å²) in [5.41, 5.74) is 1.39. The molecule has 1 aliphatic rings. The Balaban J connectivity index is 2.14. The van der Waals surface area contributed by atoms with Gasteiger partial charge in [-0.2, -0.15) is 0 Å². The molecule has 0 spiro atoms. The maximum Gasteiger partial charge on any atom is 0.124 e. The van der Waals surface area contributed by atoms with Gasteiger partial charge in [-0.25, -0.2) is 4.39 Å². The zero-order chi connectivity index (χ0) is 12.5. The van der Waals surface area contributed by atoms with Crippen LogP contribution in [0.2, 0.25) is 0 Å². The average Bonchev–Trinajstić information content (AvgIpc) is 2.24. The summed E-state index contributed by atoms with van der Waals surface area (Å²) in [5, 5.41) is 3.59. The molecule has 94 valence electrons. The van der Waals surface area contributed by atoms with Gasteiger partial charge in [0, 0.05) is 15.3 Å². The average molecular weight is 347 g/mol. The van der Waals surface area contributed by atoms with Gasteiger partial charge in [0.25, 0.3) is 0 Å². The molecule has 1 nitrogen and oxygen atoms in total. The zero-order valence-corrected chi connectivity index (χ0v) is 12.6. The molecule has 17 heavy (non-hydrogen) atoms. The first-order chi connectivity index (χ1) is 7.99. The first-order valence-electron chi connectivity index (χ1n) is 6.21. The highest BCUT2D eigenvalue weighted by Gasteiger charge is 2.32. The molecule has 0 radical (unpaired) electrons. The quantitative estimate of drug-likeness (QED) is 0.757. The summed E-state index contributed by atoms with van der Waals surface area (Å²) < 4.78 is 14.0. The van der Waals surface area contributed by atoms with Crippen LogP contribution in [0.1, 0.15) is 39.5 Å². The van der Waals surface area contributed by atoms with Crippen LogP contribution in [0.3, 0.4) is 0 Å². The van der Waals surface area contributed by atoms with Crippen LogP contribution in [0.15, 0.2) is 18.2 Å². The van der Waals surface area contributed by atoms with Crippen molar-refractivity contribution in [1.82, 2.24) is 0 Å². The summed E-state index contributed by atoms with van der Waals surface area (Å²) in [4.78, 5) is 0. The van der Waals surface area contributed by atoms with Crippen LogP contribution in [0, 0.1) is 14.8 Å². The van der Waals surface area contributed by atoms with Gasteiger partial charge < -0.3 is 5.32 Å². The smallest absolute Gasteiger partial charge is 0.124 e. The van der Waals surface area contributed by atoms with Crippen LogP contribution in [-0.2, 0) is 0 Å². The van der Waals surface area contributed by atoms with Crippen LogP contribution in [0.5, 0.6) is 0 Å². The fourth-order valence-corrected chi connectivity index (χ4v) is 3.19. The molecule has 1 unspecified atom stereocenters. The first kappa shape index (κ1) is 13.1. The van der Waals surface area contributed by atoms with Gasteiger partial charge in [-0.3, -0.25) is 0 Å². The van der Waals surface area contributed by atoms with Gasteiger partial charge in [-0.15, -0.1) is 0 Å². The number of halogens is 2. The Morgan fingerprint density at radius 2 is 2.12 bits per heavy atom. The standard InChI is InChI=1S/C14H19FIN/c1-14(2)8-4-3-5-13(14)17-12-7-6-10(15)9-11(12)16/h6-7,9,13,17H,3-5,8H2,1-2H3. The highest BCUT2D eigenvalue weighted by Crippen LogP contribution is 2.37. The van der Waals surface area contributed by atoms with Gasteiger partial charge >= 0.3 is 0 Å². The Morgan fingerprint density at radius 3 is 2.76 bits per heavy atom. The third-order valence-electron chi connectivity index (χ3n) is 3.77. The number of nitrogens with one attached hydrogen (secondary N) is 1. The van der Waals surface area contributed by atoms with Crippen molar-refractivity contribution in [2.75, 3.05) is 5.32 Å². The van der Waals surface area contributed by atoms with E-state index in [1.54, 1.807) is 6.07 Å². The molecule has 1 atom stereocenters. The maximum absolute atomic E-state index is 13.0. The van der Waals surface area contributed by atoms with E-state index in [4.69, 9.17) is 0 Å². The summed E-state index contributed by atoms with van der Waals surface area (Å²) >= 11 is 2.19. The van der Waals surface area contributed by atoms with Crippen molar-refractivity contribution in [2.24, 2.45) is 5.41 Å². The Bertz CT molecular complexity index is 403. The summed E-state index contributed by atoms with van der Waals surface area (Å²) in [6.07, 6.45) is 5.09. The molecule has 1 aliphatic carbocycles. The predicted molar refractivity (Wildman–Crippen MR) is 78.8 cm³/mol. The molecule has 3 heteroatoms. The SMILES string of the molecule is CC1(C)CCCCC1Nc1ccc(F)cc1I. The van der Waals surface area contributed by atoms with E-state index in [-0.39, 0.29) is 5.82 Å². The van der Waals surface area contributed by atoms with E-state index in [0.29, 0.717) is 11.5 Å². The van der Waals surface area contributed by atoms with Crippen molar-refractivity contribution in [1.29, 1.82) is 0 Å². The topological polar surface area (TPSA) is 12.0 Å². The number of hydrogen-bond acceptors (Lipinski definition) is 1. The highest BCUT2D eigenvalue weighted by atomic mass is 127. The van der Waals surface area contributed by atoms with E-state index in [9.17, 15) is 4.39 Å². The second-order valence-corrected chi connectivity index (χ2v) is 6.72. The lowest BCUT2D eigenvalue weighted by atomic mass is 9.73. The van der Waals surface area contributed by atoms with Crippen LogP contribution < -0.4 is 5.32 Å². The molecule has 1 aromatic carbocycles. The van der Waals surface area contributed by atoms with Gasteiger partial charge in [0.05, 0.1) is 0 Å². The van der Waals surface area contributed by atoms with Gasteiger partial charge in [0.1, 0.15) is 5.82 Å². The van der Waals surface area contributed by atoms with E-state index in [1.165, 1.54) is 31.7 Å². The number of hydrogen-bond donors (Lipinski definition) is 1. The maximum atomic E-state index is 13.0. The molecule has 1 saturated carbocycles. The van der Waals surface area contributed by atoms with E-state index in [0.717, 1.165) is 9.26 Å². The molecule has 0 heterocycles. The highest BCUT2D eigenvalue weighted by molar-refractivity contribution is 14.1. The number of benzene rings is 1. The minimum absolute atomic E-state index is 0.164.